The molecule has 0 fully saturated rings. The largest absolute Gasteiger partial charge is 0.497 e. The Morgan fingerprint density at radius 3 is 2.50 bits per heavy atom. The summed E-state index contributed by atoms with van der Waals surface area (Å²) in [7, 11) is 3.62. The van der Waals surface area contributed by atoms with Crippen LogP contribution in [0, 0.1) is 0 Å². The van der Waals surface area contributed by atoms with Gasteiger partial charge in [0, 0.05) is 13.2 Å². The van der Waals surface area contributed by atoms with Gasteiger partial charge in [0.2, 0.25) is 0 Å². The molecule has 1 heterocycles. The molecule has 0 saturated heterocycles. The number of nitrogen functional groups attached to an aromatic ring is 1. The van der Waals surface area contributed by atoms with Crippen molar-refractivity contribution in [2.75, 3.05) is 37.9 Å². The van der Waals surface area contributed by atoms with Crippen molar-refractivity contribution < 1.29 is 9.47 Å². The van der Waals surface area contributed by atoms with E-state index in [1.807, 2.05) is 42.3 Å². The van der Waals surface area contributed by atoms with Crippen LogP contribution in [0.15, 0.2) is 42.7 Å². The SMILES string of the molecule is COc1ccc(OCCN(C)c2ccncc2N)cc1. The van der Waals surface area contributed by atoms with Crippen molar-refractivity contribution in [3.05, 3.63) is 42.7 Å². The Labute approximate surface area is 118 Å². The van der Waals surface area contributed by atoms with Gasteiger partial charge in [-0.15, -0.1) is 0 Å². The first-order valence-electron chi connectivity index (χ1n) is 6.38. The van der Waals surface area contributed by atoms with Crippen LogP contribution in [0.4, 0.5) is 11.4 Å². The summed E-state index contributed by atoms with van der Waals surface area (Å²) >= 11 is 0. The molecule has 0 aliphatic carbocycles. The summed E-state index contributed by atoms with van der Waals surface area (Å²) in [6, 6.07) is 9.42. The number of anilines is 2. The molecular weight excluding hydrogens is 254 g/mol. The summed E-state index contributed by atoms with van der Waals surface area (Å²) in [5.41, 5.74) is 7.50. The number of nitrogens with two attached hydrogens (primary N) is 1. The van der Waals surface area contributed by atoms with Crippen molar-refractivity contribution in [2.24, 2.45) is 0 Å². The second-order valence-corrected chi connectivity index (χ2v) is 4.38. The van der Waals surface area contributed by atoms with E-state index in [0.29, 0.717) is 12.3 Å². The van der Waals surface area contributed by atoms with Gasteiger partial charge in [0.1, 0.15) is 18.1 Å². The highest BCUT2D eigenvalue weighted by Crippen LogP contribution is 2.20. The Hall–Kier alpha value is -2.43. The highest BCUT2D eigenvalue weighted by Gasteiger charge is 2.04. The molecule has 106 valence electrons. The van der Waals surface area contributed by atoms with E-state index >= 15 is 0 Å². The number of benzene rings is 1. The maximum Gasteiger partial charge on any atom is 0.119 e. The molecule has 0 atom stereocenters. The molecule has 5 heteroatoms. The topological polar surface area (TPSA) is 60.6 Å². The van der Waals surface area contributed by atoms with Gasteiger partial charge in [-0.25, -0.2) is 0 Å². The Bertz CT molecular complexity index is 543. The Morgan fingerprint density at radius 1 is 1.15 bits per heavy atom. The number of aromatic nitrogens is 1. The van der Waals surface area contributed by atoms with Crippen molar-refractivity contribution in [3.8, 4) is 11.5 Å². The van der Waals surface area contributed by atoms with Gasteiger partial charge in [-0.2, -0.15) is 0 Å². The normalized spacial score (nSPS) is 10.1. The summed E-state index contributed by atoms with van der Waals surface area (Å²) < 4.78 is 10.8. The first kappa shape index (κ1) is 14.0. The van der Waals surface area contributed by atoms with E-state index in [-0.39, 0.29) is 0 Å². The monoisotopic (exact) mass is 273 g/mol. The fourth-order valence-electron chi connectivity index (χ4n) is 1.84. The van der Waals surface area contributed by atoms with Gasteiger partial charge in [-0.1, -0.05) is 0 Å². The molecule has 0 bridgehead atoms. The Balaban J connectivity index is 1.84. The van der Waals surface area contributed by atoms with Gasteiger partial charge in [0.05, 0.1) is 31.2 Å². The molecule has 0 spiro atoms. The molecule has 0 aliphatic heterocycles. The van der Waals surface area contributed by atoms with Gasteiger partial charge in [-0.3, -0.25) is 4.98 Å². The zero-order valence-electron chi connectivity index (χ0n) is 11.7. The van der Waals surface area contributed by atoms with Crippen LogP contribution >= 0.6 is 0 Å². The molecule has 2 N–H and O–H groups in total. The van der Waals surface area contributed by atoms with Crippen molar-refractivity contribution in [3.63, 3.8) is 0 Å². The maximum absolute atomic E-state index is 5.88. The van der Waals surface area contributed by atoms with E-state index in [1.54, 1.807) is 19.5 Å². The minimum absolute atomic E-state index is 0.574. The molecular formula is C15H19N3O2. The van der Waals surface area contributed by atoms with Crippen LogP contribution in [-0.4, -0.2) is 32.3 Å². The van der Waals surface area contributed by atoms with E-state index in [1.165, 1.54) is 0 Å². The smallest absolute Gasteiger partial charge is 0.119 e. The minimum Gasteiger partial charge on any atom is -0.497 e. The van der Waals surface area contributed by atoms with Gasteiger partial charge >= 0.3 is 0 Å². The van der Waals surface area contributed by atoms with Crippen LogP contribution < -0.4 is 20.1 Å². The summed E-state index contributed by atoms with van der Waals surface area (Å²) in [5.74, 6) is 1.64. The average molecular weight is 273 g/mol. The number of ether oxygens (including phenoxy) is 2. The summed E-state index contributed by atoms with van der Waals surface area (Å²) in [5, 5.41) is 0. The number of pyridine rings is 1. The Kier molecular flexibility index (Phi) is 4.65. The van der Waals surface area contributed by atoms with Gasteiger partial charge < -0.3 is 20.1 Å². The van der Waals surface area contributed by atoms with Crippen molar-refractivity contribution in [2.45, 2.75) is 0 Å². The van der Waals surface area contributed by atoms with Gasteiger partial charge in [-0.05, 0) is 30.3 Å². The fourth-order valence-corrected chi connectivity index (χ4v) is 1.84. The average Bonchev–Trinajstić information content (AvgIpc) is 2.48. The number of methoxy groups -OCH3 is 1. The lowest BCUT2D eigenvalue weighted by molar-refractivity contribution is 0.325. The molecule has 0 aliphatic rings. The number of hydrogen-bond donors (Lipinski definition) is 1. The zero-order valence-corrected chi connectivity index (χ0v) is 11.7. The second-order valence-electron chi connectivity index (χ2n) is 4.38. The highest BCUT2D eigenvalue weighted by atomic mass is 16.5. The Morgan fingerprint density at radius 2 is 1.85 bits per heavy atom. The first-order chi connectivity index (χ1) is 9.70. The lowest BCUT2D eigenvalue weighted by Gasteiger charge is -2.20. The molecule has 1 aromatic carbocycles. The van der Waals surface area contributed by atoms with E-state index in [9.17, 15) is 0 Å². The van der Waals surface area contributed by atoms with E-state index in [4.69, 9.17) is 15.2 Å². The highest BCUT2D eigenvalue weighted by molar-refractivity contribution is 5.65. The van der Waals surface area contributed by atoms with Crippen LogP contribution in [0.3, 0.4) is 0 Å². The lowest BCUT2D eigenvalue weighted by atomic mass is 10.3. The number of nitrogens with zero attached hydrogens (tertiary/aromatic N) is 2. The summed E-state index contributed by atoms with van der Waals surface area (Å²) in [6.45, 7) is 1.31. The van der Waals surface area contributed by atoms with Crippen LogP contribution in [0.1, 0.15) is 0 Å². The zero-order chi connectivity index (χ0) is 14.4. The predicted molar refractivity (Wildman–Crippen MR) is 80.4 cm³/mol. The van der Waals surface area contributed by atoms with Gasteiger partial charge in [0.25, 0.3) is 0 Å². The molecule has 20 heavy (non-hydrogen) atoms. The quantitative estimate of drug-likeness (QED) is 0.874. The molecule has 2 rings (SSSR count). The number of hydrogen-bond acceptors (Lipinski definition) is 5. The maximum atomic E-state index is 5.88. The van der Waals surface area contributed by atoms with Crippen molar-refractivity contribution in [1.29, 1.82) is 0 Å². The third-order valence-corrected chi connectivity index (χ3v) is 2.99. The van der Waals surface area contributed by atoms with E-state index in [0.717, 1.165) is 23.7 Å². The predicted octanol–water partition coefficient (Wildman–Crippen LogP) is 2.19. The molecule has 2 aromatic rings. The standard InChI is InChI=1S/C15H19N3O2/c1-18(15-7-8-17-11-14(15)16)9-10-20-13-5-3-12(19-2)4-6-13/h3-8,11H,9-10,16H2,1-2H3. The molecule has 5 nitrogen and oxygen atoms in total. The van der Waals surface area contributed by atoms with Crippen LogP contribution in [0.2, 0.25) is 0 Å². The van der Waals surface area contributed by atoms with Crippen molar-refractivity contribution in [1.82, 2.24) is 4.98 Å². The third kappa shape index (κ3) is 3.54. The first-order valence-corrected chi connectivity index (χ1v) is 6.38. The van der Waals surface area contributed by atoms with E-state index in [2.05, 4.69) is 4.98 Å². The van der Waals surface area contributed by atoms with Crippen LogP contribution in [0.25, 0.3) is 0 Å². The van der Waals surface area contributed by atoms with Gasteiger partial charge in [0.15, 0.2) is 0 Å². The van der Waals surface area contributed by atoms with Crippen LogP contribution in [-0.2, 0) is 0 Å². The second kappa shape index (κ2) is 6.65. The number of likely N-dealkylation sites (N-methyl/N-ethyl adjacent to an activating group) is 1. The van der Waals surface area contributed by atoms with Crippen molar-refractivity contribution >= 4 is 11.4 Å². The fraction of sp³-hybridized carbons (Fsp3) is 0.267. The molecule has 1 aromatic heterocycles. The van der Waals surface area contributed by atoms with E-state index < -0.39 is 0 Å². The van der Waals surface area contributed by atoms with Crippen LogP contribution in [0.5, 0.6) is 11.5 Å². The summed E-state index contributed by atoms with van der Waals surface area (Å²) in [4.78, 5) is 6.02. The lowest BCUT2D eigenvalue weighted by Crippen LogP contribution is -2.24. The molecule has 0 radical (unpaired) electrons. The minimum atomic E-state index is 0.574. The molecule has 0 saturated carbocycles. The summed E-state index contributed by atoms with van der Waals surface area (Å²) in [6.07, 6.45) is 3.38. The number of rotatable bonds is 6. The third-order valence-electron chi connectivity index (χ3n) is 2.99. The molecule has 0 unspecified atom stereocenters. The molecule has 0 amide bonds.